The molecule has 0 saturated heterocycles. The molecular weight excluding hydrogens is 316 g/mol. The van der Waals surface area contributed by atoms with E-state index >= 15 is 0 Å². The van der Waals surface area contributed by atoms with Crippen LogP contribution in [0, 0.1) is 10.8 Å². The molecule has 1 aliphatic heterocycles. The topological polar surface area (TPSA) is 66.3 Å². The first kappa shape index (κ1) is 15.4. The van der Waals surface area contributed by atoms with Gasteiger partial charge in [-0.25, -0.2) is 0 Å². The van der Waals surface area contributed by atoms with Crippen LogP contribution in [-0.2, 0) is 0 Å². The van der Waals surface area contributed by atoms with Crippen molar-refractivity contribution in [3.05, 3.63) is 73.7 Å². The summed E-state index contributed by atoms with van der Waals surface area (Å²) in [6.07, 6.45) is 0. The molecular formula is C20H18N2O3. The summed E-state index contributed by atoms with van der Waals surface area (Å²) in [6.45, 7) is 5.93. The number of aromatic nitrogens is 1. The Kier molecular flexibility index (Phi) is 3.57. The SMILES string of the molecule is CCN(CC)c1ccc2[nH]c3c4ccccc4c(=O)c(=O)c=3oc2c1. The minimum absolute atomic E-state index is 0.0768. The first-order chi connectivity index (χ1) is 12.1. The third kappa shape index (κ3) is 2.31. The fraction of sp³-hybridized carbons (Fsp3) is 0.200. The van der Waals surface area contributed by atoms with E-state index in [1.165, 1.54) is 0 Å². The van der Waals surface area contributed by atoms with Crippen molar-refractivity contribution < 1.29 is 4.42 Å². The number of rotatable bonds is 3. The summed E-state index contributed by atoms with van der Waals surface area (Å²) in [4.78, 5) is 30.3. The van der Waals surface area contributed by atoms with Crippen LogP contribution in [0.1, 0.15) is 13.8 Å². The number of nitrogens with one attached hydrogen (secondary N) is 1. The molecule has 0 saturated carbocycles. The molecule has 5 heteroatoms. The van der Waals surface area contributed by atoms with Crippen molar-refractivity contribution >= 4 is 27.6 Å². The molecule has 2 aliphatic rings. The quantitative estimate of drug-likeness (QED) is 0.584. The Balaban J connectivity index is 2.15. The molecule has 0 unspecified atom stereocenters. The van der Waals surface area contributed by atoms with E-state index < -0.39 is 10.9 Å². The van der Waals surface area contributed by atoms with Gasteiger partial charge < -0.3 is 14.3 Å². The number of anilines is 1. The Labute approximate surface area is 143 Å². The van der Waals surface area contributed by atoms with Crippen LogP contribution in [-0.4, -0.2) is 18.1 Å². The molecule has 4 rings (SSSR count). The molecule has 5 nitrogen and oxygen atoms in total. The summed E-state index contributed by atoms with van der Waals surface area (Å²) in [5, 5.41) is 1.66. The molecule has 0 amide bonds. The minimum atomic E-state index is -0.611. The van der Waals surface area contributed by atoms with Crippen molar-refractivity contribution in [2.75, 3.05) is 18.0 Å². The lowest BCUT2D eigenvalue weighted by molar-refractivity contribution is 0.556. The van der Waals surface area contributed by atoms with Gasteiger partial charge in [-0.05, 0) is 26.0 Å². The summed E-state index contributed by atoms with van der Waals surface area (Å²) in [6, 6.07) is 12.9. The molecule has 0 spiro atoms. The highest BCUT2D eigenvalue weighted by Crippen LogP contribution is 2.22. The van der Waals surface area contributed by atoms with Gasteiger partial charge in [0.05, 0.1) is 10.9 Å². The summed E-state index contributed by atoms with van der Waals surface area (Å²) in [5.74, 6) is 0. The number of hydrogen-bond donors (Lipinski definition) is 1. The molecule has 1 aliphatic carbocycles. The van der Waals surface area contributed by atoms with Gasteiger partial charge in [-0.2, -0.15) is 0 Å². The fourth-order valence-corrected chi connectivity index (χ4v) is 3.31. The largest absolute Gasteiger partial charge is 0.449 e. The van der Waals surface area contributed by atoms with Gasteiger partial charge >= 0.3 is 0 Å². The number of benzene rings is 2. The molecule has 0 radical (unpaired) electrons. The highest BCUT2D eigenvalue weighted by molar-refractivity contribution is 5.83. The molecule has 1 heterocycles. The van der Waals surface area contributed by atoms with Crippen LogP contribution in [0.3, 0.4) is 0 Å². The maximum Gasteiger partial charge on any atom is 0.270 e. The zero-order valence-electron chi connectivity index (χ0n) is 14.1. The zero-order valence-corrected chi connectivity index (χ0v) is 14.1. The van der Waals surface area contributed by atoms with Gasteiger partial charge in [0.2, 0.25) is 10.8 Å². The van der Waals surface area contributed by atoms with Crippen LogP contribution in [0.2, 0.25) is 0 Å². The molecule has 0 bridgehead atoms. The zero-order chi connectivity index (χ0) is 17.6. The lowest BCUT2D eigenvalue weighted by atomic mass is 10.1. The van der Waals surface area contributed by atoms with Crippen LogP contribution in [0.15, 0.2) is 56.5 Å². The molecule has 0 aromatic heterocycles. The molecule has 0 atom stereocenters. The van der Waals surface area contributed by atoms with E-state index in [-0.39, 0.29) is 5.42 Å². The van der Waals surface area contributed by atoms with Crippen molar-refractivity contribution in [1.29, 1.82) is 0 Å². The predicted octanol–water partition coefficient (Wildman–Crippen LogP) is 3.21. The van der Waals surface area contributed by atoms with Gasteiger partial charge in [0, 0.05) is 35.6 Å². The molecule has 25 heavy (non-hydrogen) atoms. The van der Waals surface area contributed by atoms with Crippen molar-refractivity contribution in [1.82, 2.24) is 4.98 Å². The van der Waals surface area contributed by atoms with Crippen molar-refractivity contribution in [2.45, 2.75) is 13.8 Å². The second kappa shape index (κ2) is 5.77. The lowest BCUT2D eigenvalue weighted by Gasteiger charge is -2.21. The smallest absolute Gasteiger partial charge is 0.270 e. The Morgan fingerprint density at radius 1 is 0.960 bits per heavy atom. The van der Waals surface area contributed by atoms with Crippen LogP contribution < -0.4 is 15.8 Å². The van der Waals surface area contributed by atoms with E-state index in [4.69, 9.17) is 4.42 Å². The number of nitrogens with zero attached hydrogens (tertiary/aromatic N) is 1. The number of aromatic amines is 1. The molecule has 2 aromatic carbocycles. The van der Waals surface area contributed by atoms with E-state index in [1.54, 1.807) is 12.1 Å². The first-order valence-corrected chi connectivity index (χ1v) is 8.40. The van der Waals surface area contributed by atoms with Gasteiger partial charge in [0.25, 0.3) is 5.43 Å². The van der Waals surface area contributed by atoms with Gasteiger partial charge in [0.15, 0.2) is 5.58 Å². The summed E-state index contributed by atoms with van der Waals surface area (Å²) in [7, 11) is 0. The van der Waals surface area contributed by atoms with Crippen molar-refractivity contribution in [3.8, 4) is 0 Å². The molecule has 0 fully saturated rings. The monoisotopic (exact) mass is 334 g/mol. The summed E-state index contributed by atoms with van der Waals surface area (Å²) < 4.78 is 5.88. The van der Waals surface area contributed by atoms with Gasteiger partial charge in [-0.1, -0.05) is 24.3 Å². The Morgan fingerprint density at radius 2 is 1.68 bits per heavy atom. The maximum atomic E-state index is 12.5. The third-order valence-corrected chi connectivity index (χ3v) is 4.65. The van der Waals surface area contributed by atoms with E-state index in [0.29, 0.717) is 21.7 Å². The standard InChI is InChI=1S/C20H18N2O3/c1-3-22(4-2)12-9-10-15-16(11-12)25-20-17(21-15)13-7-5-6-8-14(13)18(23)19(20)24/h5-11,21H,3-4H2,1-2H3. The average molecular weight is 334 g/mol. The minimum Gasteiger partial charge on any atom is -0.449 e. The van der Waals surface area contributed by atoms with Crippen LogP contribution in [0.25, 0.3) is 21.9 Å². The van der Waals surface area contributed by atoms with Gasteiger partial charge in [-0.3, -0.25) is 9.59 Å². The Hall–Kier alpha value is -3.08. The van der Waals surface area contributed by atoms with E-state index in [1.807, 2.05) is 30.3 Å². The molecule has 1 N–H and O–H groups in total. The average Bonchev–Trinajstić information content (AvgIpc) is 2.66. The second-order valence-corrected chi connectivity index (χ2v) is 5.99. The molecule has 2 aromatic rings. The summed E-state index contributed by atoms with van der Waals surface area (Å²) in [5.41, 5.74) is 1.30. The van der Waals surface area contributed by atoms with Gasteiger partial charge in [0.1, 0.15) is 0 Å². The van der Waals surface area contributed by atoms with Gasteiger partial charge in [-0.15, -0.1) is 0 Å². The maximum absolute atomic E-state index is 12.5. The van der Waals surface area contributed by atoms with Crippen LogP contribution in [0.5, 0.6) is 0 Å². The first-order valence-electron chi connectivity index (χ1n) is 8.40. The number of fused-ring (bicyclic) bond motifs is 3. The highest BCUT2D eigenvalue weighted by Gasteiger charge is 2.12. The normalized spacial score (nSPS) is 11.4. The van der Waals surface area contributed by atoms with Crippen LogP contribution >= 0.6 is 0 Å². The van der Waals surface area contributed by atoms with E-state index in [9.17, 15) is 9.59 Å². The summed E-state index contributed by atoms with van der Waals surface area (Å²) >= 11 is 0. The predicted molar refractivity (Wildman–Crippen MR) is 99.5 cm³/mol. The van der Waals surface area contributed by atoms with Crippen molar-refractivity contribution in [2.24, 2.45) is 0 Å². The van der Waals surface area contributed by atoms with Crippen LogP contribution in [0.4, 0.5) is 5.69 Å². The Bertz CT molecular complexity index is 1270. The lowest BCUT2D eigenvalue weighted by Crippen LogP contribution is -2.25. The number of H-pyrrole nitrogens is 1. The second-order valence-electron chi connectivity index (χ2n) is 5.99. The molecule has 126 valence electrons. The highest BCUT2D eigenvalue weighted by atomic mass is 16.3. The fourth-order valence-electron chi connectivity index (χ4n) is 3.31. The third-order valence-electron chi connectivity index (χ3n) is 4.65. The van der Waals surface area contributed by atoms with Crippen molar-refractivity contribution in [3.63, 3.8) is 0 Å². The van der Waals surface area contributed by atoms with E-state index in [2.05, 4.69) is 23.7 Å². The number of hydrogen-bond acceptors (Lipinski definition) is 4. The van der Waals surface area contributed by atoms with E-state index in [0.717, 1.165) is 24.3 Å². The Morgan fingerprint density at radius 3 is 2.40 bits per heavy atom.